The number of aromatic hydroxyl groups is 1. The summed E-state index contributed by atoms with van der Waals surface area (Å²) in [7, 11) is 0. The van der Waals surface area contributed by atoms with E-state index in [1.54, 1.807) is 12.1 Å². The highest BCUT2D eigenvalue weighted by molar-refractivity contribution is 5.53. The van der Waals surface area contributed by atoms with Crippen LogP contribution in [0.5, 0.6) is 5.75 Å². The van der Waals surface area contributed by atoms with Gasteiger partial charge in [-0.2, -0.15) is 0 Å². The third-order valence-corrected chi connectivity index (χ3v) is 3.38. The third-order valence-electron chi connectivity index (χ3n) is 3.38. The summed E-state index contributed by atoms with van der Waals surface area (Å²) in [6.07, 6.45) is 0. The molecule has 0 aromatic heterocycles. The fourth-order valence-electron chi connectivity index (χ4n) is 2.04. The Morgan fingerprint density at radius 3 is 2.26 bits per heavy atom. The predicted octanol–water partition coefficient (Wildman–Crippen LogP) is 3.02. The van der Waals surface area contributed by atoms with E-state index in [-0.39, 0.29) is 12.4 Å². The molecule has 0 fully saturated rings. The SMILES string of the molecule is Cc1ccccc1NC(C)(CO)c1ccc(O)cc1. The molecule has 1 unspecified atom stereocenters. The molecule has 100 valence electrons. The Balaban J connectivity index is 2.33. The Morgan fingerprint density at radius 2 is 1.68 bits per heavy atom. The maximum absolute atomic E-state index is 9.74. The fraction of sp³-hybridized carbons (Fsp3) is 0.250. The molecule has 3 heteroatoms. The Morgan fingerprint density at radius 1 is 1.05 bits per heavy atom. The number of nitrogens with one attached hydrogen (secondary N) is 1. The lowest BCUT2D eigenvalue weighted by Crippen LogP contribution is -2.36. The van der Waals surface area contributed by atoms with Gasteiger partial charge in [0.25, 0.3) is 0 Å². The van der Waals surface area contributed by atoms with Crippen LogP contribution in [0.1, 0.15) is 18.1 Å². The van der Waals surface area contributed by atoms with Crippen LogP contribution in [0.15, 0.2) is 48.5 Å². The highest BCUT2D eigenvalue weighted by Gasteiger charge is 2.25. The molecular weight excluding hydrogens is 238 g/mol. The van der Waals surface area contributed by atoms with E-state index in [2.05, 4.69) is 5.32 Å². The number of anilines is 1. The highest BCUT2D eigenvalue weighted by atomic mass is 16.3. The monoisotopic (exact) mass is 257 g/mol. The average Bonchev–Trinajstić information content (AvgIpc) is 2.42. The van der Waals surface area contributed by atoms with Crippen molar-refractivity contribution >= 4 is 5.69 Å². The first-order valence-electron chi connectivity index (χ1n) is 6.29. The third kappa shape index (κ3) is 2.88. The van der Waals surface area contributed by atoms with Crippen molar-refractivity contribution in [2.75, 3.05) is 11.9 Å². The molecule has 0 spiro atoms. The number of rotatable bonds is 4. The molecule has 0 bridgehead atoms. The minimum atomic E-state index is -0.584. The molecule has 0 amide bonds. The Bertz CT molecular complexity index is 551. The number of hydrogen-bond donors (Lipinski definition) is 3. The van der Waals surface area contributed by atoms with Crippen molar-refractivity contribution in [2.24, 2.45) is 0 Å². The molecule has 19 heavy (non-hydrogen) atoms. The smallest absolute Gasteiger partial charge is 0.115 e. The predicted molar refractivity (Wildman–Crippen MR) is 77.3 cm³/mol. The maximum Gasteiger partial charge on any atom is 0.115 e. The highest BCUT2D eigenvalue weighted by Crippen LogP contribution is 2.28. The van der Waals surface area contributed by atoms with Crippen LogP contribution in [0, 0.1) is 6.92 Å². The van der Waals surface area contributed by atoms with Gasteiger partial charge >= 0.3 is 0 Å². The van der Waals surface area contributed by atoms with E-state index in [0.29, 0.717) is 0 Å². The summed E-state index contributed by atoms with van der Waals surface area (Å²) >= 11 is 0. The number of aliphatic hydroxyl groups is 1. The van der Waals surface area contributed by atoms with Gasteiger partial charge in [0.15, 0.2) is 0 Å². The van der Waals surface area contributed by atoms with Crippen LogP contribution >= 0.6 is 0 Å². The van der Waals surface area contributed by atoms with E-state index in [9.17, 15) is 10.2 Å². The van der Waals surface area contributed by atoms with Crippen molar-refractivity contribution in [1.29, 1.82) is 0 Å². The van der Waals surface area contributed by atoms with Gasteiger partial charge < -0.3 is 15.5 Å². The van der Waals surface area contributed by atoms with E-state index in [1.165, 1.54) is 0 Å². The number of aryl methyl sites for hydroxylation is 1. The molecule has 0 saturated heterocycles. The molecule has 0 aliphatic rings. The van der Waals surface area contributed by atoms with Crippen molar-refractivity contribution in [1.82, 2.24) is 0 Å². The van der Waals surface area contributed by atoms with E-state index in [4.69, 9.17) is 0 Å². The van der Waals surface area contributed by atoms with Crippen LogP contribution in [-0.2, 0) is 5.54 Å². The maximum atomic E-state index is 9.74. The molecule has 0 saturated carbocycles. The summed E-state index contributed by atoms with van der Waals surface area (Å²) in [6, 6.07) is 14.8. The summed E-state index contributed by atoms with van der Waals surface area (Å²) in [5.41, 5.74) is 2.46. The van der Waals surface area contributed by atoms with Crippen molar-refractivity contribution in [3.05, 3.63) is 59.7 Å². The summed E-state index contributed by atoms with van der Waals surface area (Å²) < 4.78 is 0. The molecule has 0 radical (unpaired) electrons. The molecule has 0 aliphatic carbocycles. The number of aliphatic hydroxyl groups excluding tert-OH is 1. The van der Waals surface area contributed by atoms with Crippen LogP contribution in [0.3, 0.4) is 0 Å². The lowest BCUT2D eigenvalue weighted by Gasteiger charge is -2.31. The number of benzene rings is 2. The fourth-order valence-corrected chi connectivity index (χ4v) is 2.04. The zero-order valence-electron chi connectivity index (χ0n) is 11.2. The van der Waals surface area contributed by atoms with Crippen LogP contribution in [0.4, 0.5) is 5.69 Å². The Kier molecular flexibility index (Phi) is 3.76. The van der Waals surface area contributed by atoms with E-state index < -0.39 is 5.54 Å². The summed E-state index contributed by atoms with van der Waals surface area (Å²) in [5.74, 6) is 0.222. The topological polar surface area (TPSA) is 52.5 Å². The summed E-state index contributed by atoms with van der Waals surface area (Å²) in [6.45, 7) is 3.93. The number of para-hydroxylation sites is 1. The quantitative estimate of drug-likeness (QED) is 0.789. The first-order chi connectivity index (χ1) is 9.05. The van der Waals surface area contributed by atoms with Gasteiger partial charge in [0.2, 0.25) is 0 Å². The molecule has 2 aromatic carbocycles. The van der Waals surface area contributed by atoms with Crippen molar-refractivity contribution in [3.8, 4) is 5.75 Å². The zero-order valence-corrected chi connectivity index (χ0v) is 11.2. The van der Waals surface area contributed by atoms with E-state index in [1.807, 2.05) is 50.2 Å². The van der Waals surface area contributed by atoms with Gasteiger partial charge in [0.05, 0.1) is 12.1 Å². The summed E-state index contributed by atoms with van der Waals surface area (Å²) in [5, 5.41) is 22.5. The van der Waals surface area contributed by atoms with Gasteiger partial charge in [0, 0.05) is 5.69 Å². The van der Waals surface area contributed by atoms with Gasteiger partial charge in [-0.3, -0.25) is 0 Å². The van der Waals surface area contributed by atoms with Crippen molar-refractivity contribution < 1.29 is 10.2 Å². The van der Waals surface area contributed by atoms with Crippen LogP contribution in [0.2, 0.25) is 0 Å². The van der Waals surface area contributed by atoms with Crippen LogP contribution in [0.25, 0.3) is 0 Å². The molecule has 2 aromatic rings. The molecular formula is C16H19NO2. The number of phenolic OH excluding ortho intramolecular Hbond substituents is 1. The lowest BCUT2D eigenvalue weighted by molar-refractivity contribution is 0.224. The molecule has 0 aliphatic heterocycles. The second-order valence-corrected chi connectivity index (χ2v) is 4.98. The molecule has 2 rings (SSSR count). The second kappa shape index (κ2) is 5.33. The van der Waals surface area contributed by atoms with E-state index in [0.717, 1.165) is 16.8 Å². The van der Waals surface area contributed by atoms with Gasteiger partial charge in [-0.1, -0.05) is 30.3 Å². The Labute approximate surface area is 113 Å². The zero-order chi connectivity index (χ0) is 13.9. The molecule has 3 nitrogen and oxygen atoms in total. The van der Waals surface area contributed by atoms with Gasteiger partial charge in [-0.05, 0) is 43.2 Å². The first kappa shape index (κ1) is 13.4. The molecule has 0 heterocycles. The number of phenols is 1. The van der Waals surface area contributed by atoms with Crippen LogP contribution in [-0.4, -0.2) is 16.8 Å². The molecule has 3 N–H and O–H groups in total. The average molecular weight is 257 g/mol. The summed E-state index contributed by atoms with van der Waals surface area (Å²) in [4.78, 5) is 0. The van der Waals surface area contributed by atoms with Gasteiger partial charge in [-0.15, -0.1) is 0 Å². The second-order valence-electron chi connectivity index (χ2n) is 4.98. The Hall–Kier alpha value is -2.00. The van der Waals surface area contributed by atoms with Gasteiger partial charge in [-0.25, -0.2) is 0 Å². The first-order valence-corrected chi connectivity index (χ1v) is 6.29. The van der Waals surface area contributed by atoms with Crippen molar-refractivity contribution in [2.45, 2.75) is 19.4 Å². The standard InChI is InChI=1S/C16H19NO2/c1-12-5-3-4-6-15(12)17-16(2,11-18)13-7-9-14(19)10-8-13/h3-10,17-19H,11H2,1-2H3. The van der Waals surface area contributed by atoms with Crippen molar-refractivity contribution in [3.63, 3.8) is 0 Å². The van der Waals surface area contributed by atoms with E-state index >= 15 is 0 Å². The largest absolute Gasteiger partial charge is 0.508 e. The van der Waals surface area contributed by atoms with Crippen LogP contribution < -0.4 is 5.32 Å². The normalized spacial score (nSPS) is 13.8. The van der Waals surface area contributed by atoms with Gasteiger partial charge in [0.1, 0.15) is 5.75 Å². The minimum Gasteiger partial charge on any atom is -0.508 e. The number of hydrogen-bond acceptors (Lipinski definition) is 3. The molecule has 1 atom stereocenters. The minimum absolute atomic E-state index is 0.0356. The lowest BCUT2D eigenvalue weighted by atomic mass is 9.92.